The molecule has 2 aromatic carbocycles. The predicted octanol–water partition coefficient (Wildman–Crippen LogP) is 3.42. The van der Waals surface area contributed by atoms with Gasteiger partial charge in [0.2, 0.25) is 11.8 Å². The van der Waals surface area contributed by atoms with Crippen LogP contribution in [0.1, 0.15) is 18.9 Å². The Morgan fingerprint density at radius 3 is 2.46 bits per heavy atom. The molecule has 0 aromatic heterocycles. The highest BCUT2D eigenvalue weighted by molar-refractivity contribution is 5.96. The van der Waals surface area contributed by atoms with Crippen LogP contribution >= 0.6 is 0 Å². The summed E-state index contributed by atoms with van der Waals surface area (Å²) in [6.07, 6.45) is 0.428. The summed E-state index contributed by atoms with van der Waals surface area (Å²) >= 11 is 0. The molecule has 2 N–H and O–H groups in total. The van der Waals surface area contributed by atoms with Crippen molar-refractivity contribution < 1.29 is 9.59 Å². The minimum atomic E-state index is -0.0408. The number of carbonyl (C=O) groups excluding carboxylic acids is 2. The van der Waals surface area contributed by atoms with Gasteiger partial charge in [-0.1, -0.05) is 31.2 Å². The highest BCUT2D eigenvalue weighted by Crippen LogP contribution is 2.20. The second-order valence-electron chi connectivity index (χ2n) is 5.57. The largest absolute Gasteiger partial charge is 0.376 e. The van der Waals surface area contributed by atoms with Gasteiger partial charge in [-0.05, 0) is 36.8 Å². The molecular formula is C19H23N3O2. The van der Waals surface area contributed by atoms with E-state index in [1.54, 1.807) is 11.9 Å². The molecule has 0 heterocycles. The molecule has 0 aliphatic carbocycles. The first kappa shape index (κ1) is 17.5. The van der Waals surface area contributed by atoms with E-state index >= 15 is 0 Å². The van der Waals surface area contributed by atoms with Crippen molar-refractivity contribution in [3.63, 3.8) is 0 Å². The Bertz CT molecular complexity index is 714. The normalized spacial score (nSPS) is 10.1. The monoisotopic (exact) mass is 325 g/mol. The number of hydrogen-bond donors (Lipinski definition) is 2. The van der Waals surface area contributed by atoms with Gasteiger partial charge >= 0.3 is 0 Å². The van der Waals surface area contributed by atoms with Crippen LogP contribution in [0.5, 0.6) is 0 Å². The number of nitrogens with one attached hydrogen (secondary N) is 2. The lowest BCUT2D eigenvalue weighted by Gasteiger charge is -2.18. The quantitative estimate of drug-likeness (QED) is 0.855. The summed E-state index contributed by atoms with van der Waals surface area (Å²) in [4.78, 5) is 25.5. The lowest BCUT2D eigenvalue weighted by Crippen LogP contribution is -2.32. The Labute approximate surface area is 142 Å². The SMILES string of the molecule is CCC(=O)Nc1cc(NCC(=O)N(C)c2ccccc2)ccc1C. The Kier molecular flexibility index (Phi) is 5.95. The Morgan fingerprint density at radius 2 is 1.79 bits per heavy atom. The lowest BCUT2D eigenvalue weighted by atomic mass is 10.1. The number of likely N-dealkylation sites (N-methyl/N-ethyl adjacent to an activating group) is 1. The summed E-state index contributed by atoms with van der Waals surface area (Å²) in [5.41, 5.74) is 3.39. The molecule has 5 heteroatoms. The zero-order valence-corrected chi connectivity index (χ0v) is 14.3. The number of rotatable bonds is 6. The van der Waals surface area contributed by atoms with Crippen molar-refractivity contribution in [3.05, 3.63) is 54.1 Å². The van der Waals surface area contributed by atoms with Gasteiger partial charge in [-0.25, -0.2) is 0 Å². The van der Waals surface area contributed by atoms with E-state index in [4.69, 9.17) is 0 Å². The zero-order chi connectivity index (χ0) is 17.5. The number of amides is 2. The van der Waals surface area contributed by atoms with Crippen LogP contribution < -0.4 is 15.5 Å². The second kappa shape index (κ2) is 8.15. The highest BCUT2D eigenvalue weighted by Gasteiger charge is 2.11. The van der Waals surface area contributed by atoms with E-state index in [1.165, 1.54) is 0 Å². The summed E-state index contributed by atoms with van der Waals surface area (Å²) in [6.45, 7) is 3.92. The number of nitrogens with zero attached hydrogens (tertiary/aromatic N) is 1. The Balaban J connectivity index is 2.00. The van der Waals surface area contributed by atoms with E-state index in [0.717, 1.165) is 22.6 Å². The van der Waals surface area contributed by atoms with Crippen LogP contribution in [0.3, 0.4) is 0 Å². The molecule has 2 rings (SSSR count). The summed E-state index contributed by atoms with van der Waals surface area (Å²) < 4.78 is 0. The fourth-order valence-corrected chi connectivity index (χ4v) is 2.20. The van der Waals surface area contributed by atoms with Gasteiger partial charge in [0.05, 0.1) is 6.54 Å². The van der Waals surface area contributed by atoms with E-state index in [2.05, 4.69) is 10.6 Å². The third-order valence-corrected chi connectivity index (χ3v) is 3.79. The summed E-state index contributed by atoms with van der Waals surface area (Å²) in [5.74, 6) is -0.0731. The van der Waals surface area contributed by atoms with Crippen molar-refractivity contribution in [3.8, 4) is 0 Å². The Morgan fingerprint density at radius 1 is 1.08 bits per heavy atom. The maximum atomic E-state index is 12.3. The fraction of sp³-hybridized carbons (Fsp3) is 0.263. The van der Waals surface area contributed by atoms with Crippen molar-refractivity contribution in [1.82, 2.24) is 0 Å². The van der Waals surface area contributed by atoms with Gasteiger partial charge in [-0.15, -0.1) is 0 Å². The van der Waals surface area contributed by atoms with Gasteiger partial charge < -0.3 is 15.5 Å². The van der Waals surface area contributed by atoms with E-state index in [-0.39, 0.29) is 18.4 Å². The first-order valence-corrected chi connectivity index (χ1v) is 7.97. The molecule has 0 fully saturated rings. The molecule has 5 nitrogen and oxygen atoms in total. The summed E-state index contributed by atoms with van der Waals surface area (Å²) in [5, 5.41) is 5.97. The summed E-state index contributed by atoms with van der Waals surface area (Å²) in [7, 11) is 1.75. The minimum absolute atomic E-state index is 0.0323. The molecule has 0 spiro atoms. The van der Waals surface area contributed by atoms with Gasteiger partial charge in [0.15, 0.2) is 0 Å². The van der Waals surface area contributed by atoms with Crippen molar-refractivity contribution in [1.29, 1.82) is 0 Å². The number of para-hydroxylation sites is 1. The average Bonchev–Trinajstić information content (AvgIpc) is 2.62. The van der Waals surface area contributed by atoms with Gasteiger partial charge in [0.25, 0.3) is 0 Å². The first-order chi connectivity index (χ1) is 11.5. The molecule has 0 aliphatic rings. The van der Waals surface area contributed by atoms with Crippen LogP contribution in [0.4, 0.5) is 17.1 Å². The molecule has 0 bridgehead atoms. The molecule has 0 saturated carbocycles. The fourth-order valence-electron chi connectivity index (χ4n) is 2.20. The molecule has 0 aliphatic heterocycles. The van der Waals surface area contributed by atoms with Gasteiger partial charge in [0, 0.05) is 30.5 Å². The number of carbonyl (C=O) groups is 2. The van der Waals surface area contributed by atoms with E-state index < -0.39 is 0 Å². The topological polar surface area (TPSA) is 61.4 Å². The molecule has 2 amide bonds. The average molecular weight is 325 g/mol. The standard InChI is InChI=1S/C19H23N3O2/c1-4-18(23)21-17-12-15(11-10-14(17)2)20-13-19(24)22(3)16-8-6-5-7-9-16/h5-12,20H,4,13H2,1-3H3,(H,21,23). The maximum Gasteiger partial charge on any atom is 0.246 e. The molecule has 2 aromatic rings. The van der Waals surface area contributed by atoms with Crippen LogP contribution in [-0.2, 0) is 9.59 Å². The van der Waals surface area contributed by atoms with Gasteiger partial charge in [0.1, 0.15) is 0 Å². The predicted molar refractivity (Wildman–Crippen MR) is 98.4 cm³/mol. The molecule has 0 atom stereocenters. The van der Waals surface area contributed by atoms with Crippen molar-refractivity contribution in [2.24, 2.45) is 0 Å². The van der Waals surface area contributed by atoms with E-state index in [1.807, 2.05) is 62.4 Å². The summed E-state index contributed by atoms with van der Waals surface area (Å²) in [6, 6.07) is 15.2. The lowest BCUT2D eigenvalue weighted by molar-refractivity contribution is -0.117. The molecule has 126 valence electrons. The van der Waals surface area contributed by atoms with Gasteiger partial charge in [-0.2, -0.15) is 0 Å². The molecule has 24 heavy (non-hydrogen) atoms. The number of aryl methyl sites for hydroxylation is 1. The highest BCUT2D eigenvalue weighted by atomic mass is 16.2. The molecule has 0 saturated heterocycles. The number of anilines is 3. The molecule has 0 radical (unpaired) electrons. The second-order valence-corrected chi connectivity index (χ2v) is 5.57. The first-order valence-electron chi connectivity index (χ1n) is 7.97. The third kappa shape index (κ3) is 4.59. The van der Waals surface area contributed by atoms with Crippen molar-refractivity contribution in [2.45, 2.75) is 20.3 Å². The zero-order valence-electron chi connectivity index (χ0n) is 14.3. The van der Waals surface area contributed by atoms with Crippen LogP contribution in [0.25, 0.3) is 0 Å². The van der Waals surface area contributed by atoms with Gasteiger partial charge in [-0.3, -0.25) is 9.59 Å². The smallest absolute Gasteiger partial charge is 0.246 e. The maximum absolute atomic E-state index is 12.3. The third-order valence-electron chi connectivity index (χ3n) is 3.79. The van der Waals surface area contributed by atoms with Crippen molar-refractivity contribution in [2.75, 3.05) is 29.1 Å². The Hall–Kier alpha value is -2.82. The minimum Gasteiger partial charge on any atom is -0.376 e. The van der Waals surface area contributed by atoms with Crippen LogP contribution in [0.15, 0.2) is 48.5 Å². The number of benzene rings is 2. The molecular weight excluding hydrogens is 302 g/mol. The molecule has 0 unspecified atom stereocenters. The van der Waals surface area contributed by atoms with Crippen LogP contribution in [0, 0.1) is 6.92 Å². The van der Waals surface area contributed by atoms with E-state index in [9.17, 15) is 9.59 Å². The van der Waals surface area contributed by atoms with Crippen LogP contribution in [-0.4, -0.2) is 25.4 Å². The number of hydrogen-bond acceptors (Lipinski definition) is 3. The van der Waals surface area contributed by atoms with Crippen LogP contribution in [0.2, 0.25) is 0 Å². The van der Waals surface area contributed by atoms with E-state index in [0.29, 0.717) is 6.42 Å². The van der Waals surface area contributed by atoms with Crippen molar-refractivity contribution >= 4 is 28.9 Å².